The lowest BCUT2D eigenvalue weighted by molar-refractivity contribution is 0.398. The average molecular weight is 1910 g/mol. The van der Waals surface area contributed by atoms with E-state index in [9.17, 15) is 0 Å². The summed E-state index contributed by atoms with van der Waals surface area (Å²) < 4.78 is 0. The number of benzene rings is 14. The fourth-order valence-corrected chi connectivity index (χ4v) is 29.2. The summed E-state index contributed by atoms with van der Waals surface area (Å²) in [5.41, 5.74) is 50.4. The van der Waals surface area contributed by atoms with Gasteiger partial charge in [0.2, 0.25) is 0 Å². The van der Waals surface area contributed by atoms with Crippen molar-refractivity contribution in [3.8, 4) is 111 Å². The molecule has 0 aliphatic heterocycles. The summed E-state index contributed by atoms with van der Waals surface area (Å²) in [6.45, 7) is 34.1. The normalized spacial score (nSPS) is 15.1. The van der Waals surface area contributed by atoms with Crippen LogP contribution in [0.4, 0.5) is 17.1 Å². The predicted octanol–water partition coefficient (Wildman–Crippen LogP) is 43.8. The number of hydrogen-bond acceptors (Lipinski definition) is 1. The van der Waals surface area contributed by atoms with Gasteiger partial charge in [-0.15, -0.1) is 0 Å². The van der Waals surface area contributed by atoms with Gasteiger partial charge in [0.1, 0.15) is 0 Å². The maximum Gasteiger partial charge on any atom is 0.0544 e. The Bertz CT molecular complexity index is 6650. The van der Waals surface area contributed by atoms with E-state index in [1.54, 1.807) is 33.4 Å². The van der Waals surface area contributed by atoms with E-state index in [0.717, 1.165) is 0 Å². The number of rotatable bonds is 49. The summed E-state index contributed by atoms with van der Waals surface area (Å²) in [7, 11) is 0. The van der Waals surface area contributed by atoms with Crippen LogP contribution >= 0.6 is 0 Å². The van der Waals surface area contributed by atoms with Crippen molar-refractivity contribution in [3.63, 3.8) is 0 Å². The van der Waals surface area contributed by atoms with E-state index in [1.807, 2.05) is 0 Å². The number of fused-ring (bicyclic) bond motifs is 20. The lowest BCUT2D eigenvalue weighted by Gasteiger charge is -2.34. The smallest absolute Gasteiger partial charge is 0.0544 e. The van der Waals surface area contributed by atoms with E-state index in [4.69, 9.17) is 0 Å². The zero-order valence-corrected chi connectivity index (χ0v) is 91.5. The van der Waals surface area contributed by atoms with Crippen molar-refractivity contribution in [3.05, 3.63) is 339 Å². The van der Waals surface area contributed by atoms with E-state index in [1.165, 1.54) is 453 Å². The van der Waals surface area contributed by atoms with Gasteiger partial charge in [-0.2, -0.15) is 0 Å². The molecule has 14 aromatic rings. The number of unbranched alkanes of at least 4 members (excludes halogenated alkanes) is 30. The third kappa shape index (κ3) is 18.8. The molecule has 6 aliphatic rings. The van der Waals surface area contributed by atoms with Gasteiger partial charge in [-0.25, -0.2) is 0 Å². The lowest BCUT2D eigenvalue weighted by atomic mass is 9.70. The van der Waals surface area contributed by atoms with Crippen molar-refractivity contribution in [2.45, 2.75) is 399 Å². The van der Waals surface area contributed by atoms with E-state index in [-0.39, 0.29) is 32.5 Å². The van der Waals surface area contributed by atoms with Crippen LogP contribution in [0.15, 0.2) is 261 Å². The third-order valence-corrected chi connectivity index (χ3v) is 37.1. The monoisotopic (exact) mass is 1910 g/mol. The summed E-state index contributed by atoms with van der Waals surface area (Å²) in [6, 6.07) is 107. The van der Waals surface area contributed by atoms with Gasteiger partial charge in [0.05, 0.1) is 17.1 Å². The molecule has 14 aromatic carbocycles. The van der Waals surface area contributed by atoms with Gasteiger partial charge in [-0.1, -0.05) is 508 Å². The second-order valence-electron chi connectivity index (χ2n) is 47.5. The highest BCUT2D eigenvalue weighted by atomic mass is 15.2. The van der Waals surface area contributed by atoms with Crippen LogP contribution in [0.2, 0.25) is 0 Å². The molecule has 20 rings (SSSR count). The molecule has 0 atom stereocenters. The first-order chi connectivity index (χ1) is 70.8. The van der Waals surface area contributed by atoms with Gasteiger partial charge < -0.3 is 4.90 Å². The summed E-state index contributed by atoms with van der Waals surface area (Å²) in [5, 5.41) is 2.59. The molecule has 0 bridgehead atoms. The Labute approximate surface area is 875 Å². The minimum Gasteiger partial charge on any atom is -0.309 e. The van der Waals surface area contributed by atoms with Gasteiger partial charge in [0.25, 0.3) is 0 Å². The molecule has 6 aliphatic carbocycles. The van der Waals surface area contributed by atoms with E-state index in [0.29, 0.717) is 0 Å². The van der Waals surface area contributed by atoms with Crippen LogP contribution < -0.4 is 4.90 Å². The van der Waals surface area contributed by atoms with Gasteiger partial charge >= 0.3 is 0 Å². The zero-order valence-electron chi connectivity index (χ0n) is 91.5. The van der Waals surface area contributed by atoms with Crippen molar-refractivity contribution < 1.29 is 0 Å². The Morgan fingerprint density at radius 2 is 0.421 bits per heavy atom. The maximum atomic E-state index is 2.80. The Morgan fingerprint density at radius 1 is 0.172 bits per heavy atom. The molecule has 145 heavy (non-hydrogen) atoms. The molecule has 0 spiro atoms. The largest absolute Gasteiger partial charge is 0.309 e. The highest BCUT2D eigenvalue weighted by Crippen LogP contribution is 2.65. The second kappa shape index (κ2) is 43.9. The molecule has 750 valence electrons. The first-order valence-electron chi connectivity index (χ1n) is 58.7. The van der Waals surface area contributed by atoms with Crippen molar-refractivity contribution in [2.24, 2.45) is 0 Å². The quantitative estimate of drug-likeness (QED) is 0.0344. The van der Waals surface area contributed by atoms with Crippen LogP contribution in [0.1, 0.15) is 431 Å². The Hall–Kier alpha value is -10.9. The fraction of sp³-hybridized carbons (Fsp3) is 0.431. The minimum absolute atomic E-state index is 0.00829. The molecule has 1 heteroatoms. The standard InChI is InChI=1S/C144H169N/c1-15-21-27-33-39-53-85-142(86-54-40-34-28-22-16-2)121-68-50-47-63-108(121)115-81-75-104(93-129(115)142)102-73-79-111-113-83-77-106(95-126(113)139(9,10)124(111)91-102)136-100(7)61-59-71-133(136)145(135-99-132-138(118-67-46-45-66-117(118)135)120-98-131-119(97-128(120)141(132,13)14)110-65-49-52-70-123(110)144(131,89-57-43-37-31-25-19-5)90-58-44-38-32-26-20-6)134-72-60-62-101(8)137(134)107-78-84-114-112-80-74-103(92-125(112)140(11,12)127(114)96-107)105-76-82-116-109-64-48-51-69-122(109)143(130(116)94-105,87-55-41-35-29-23-17-3)88-56-42-36-30-24-18-4/h45-52,59-84,91-99H,15-44,53-58,85-90H2,1-14H3. The number of anilines is 3. The van der Waals surface area contributed by atoms with Crippen LogP contribution in [0.3, 0.4) is 0 Å². The topological polar surface area (TPSA) is 3.24 Å². The van der Waals surface area contributed by atoms with Gasteiger partial charge in [0, 0.05) is 49.0 Å². The maximum absolute atomic E-state index is 2.80. The Morgan fingerprint density at radius 3 is 0.766 bits per heavy atom. The SMILES string of the molecule is CCCCCCCCC1(CCCCCCCC)c2ccccc2-c2ccc(-c3ccc4c(c3)C(C)(C)c3cc(-c5c(C)cccc5N(c5cccc(C)c5-c5ccc6c(c5)C(C)(C)c5cc(-c7ccc8c(c7)C(CCCCCCCC)(CCCCCCCC)c7ccccc7-8)ccc5-6)c5cc6c(c7ccccc57)-c5cc7c(cc5C6(C)C)-c5ccccc5C7(CCCCCCCC)CCCCCCCC)ccc3-4)cc21. The molecule has 0 saturated heterocycles. The van der Waals surface area contributed by atoms with Crippen molar-refractivity contribution in [1.29, 1.82) is 0 Å². The van der Waals surface area contributed by atoms with Crippen LogP contribution in [0.25, 0.3) is 122 Å². The number of aryl methyl sites for hydroxylation is 2. The average Bonchev–Trinajstić information content (AvgIpc) is 1.52. The molecule has 1 nitrogen and oxygen atoms in total. The van der Waals surface area contributed by atoms with E-state index >= 15 is 0 Å². The lowest BCUT2D eigenvalue weighted by Crippen LogP contribution is -2.26. The molecule has 0 aromatic heterocycles. The fourth-order valence-electron chi connectivity index (χ4n) is 29.2. The van der Waals surface area contributed by atoms with E-state index in [2.05, 4.69) is 363 Å². The minimum atomic E-state index is -0.358. The molecule has 0 amide bonds. The van der Waals surface area contributed by atoms with Gasteiger partial charge in [-0.05, 0) is 303 Å². The summed E-state index contributed by atoms with van der Waals surface area (Å²) >= 11 is 0. The predicted molar refractivity (Wildman–Crippen MR) is 629 cm³/mol. The van der Waals surface area contributed by atoms with Gasteiger partial charge in [-0.3, -0.25) is 0 Å². The van der Waals surface area contributed by atoms with Crippen molar-refractivity contribution in [1.82, 2.24) is 0 Å². The highest BCUT2D eigenvalue weighted by Gasteiger charge is 2.50. The first kappa shape index (κ1) is 101. The van der Waals surface area contributed by atoms with Crippen LogP contribution in [-0.2, 0) is 32.5 Å². The molecular weight excluding hydrogens is 1740 g/mol. The van der Waals surface area contributed by atoms with Crippen LogP contribution in [0.5, 0.6) is 0 Å². The van der Waals surface area contributed by atoms with Crippen LogP contribution in [0, 0.1) is 13.8 Å². The molecule has 0 radical (unpaired) electrons. The molecule has 0 heterocycles. The summed E-state index contributed by atoms with van der Waals surface area (Å²) in [6.07, 6.45) is 54.4. The highest BCUT2D eigenvalue weighted by molar-refractivity contribution is 6.13. The van der Waals surface area contributed by atoms with Crippen LogP contribution in [-0.4, -0.2) is 0 Å². The summed E-state index contributed by atoms with van der Waals surface area (Å²) in [4.78, 5) is 2.78. The van der Waals surface area contributed by atoms with Gasteiger partial charge in [0.15, 0.2) is 0 Å². The zero-order chi connectivity index (χ0) is 100. The first-order valence-corrected chi connectivity index (χ1v) is 58.7. The Balaban J connectivity index is 0.710. The molecule has 0 fully saturated rings. The third-order valence-electron chi connectivity index (χ3n) is 37.1. The molecule has 0 saturated carbocycles. The second-order valence-corrected chi connectivity index (χ2v) is 47.5. The van der Waals surface area contributed by atoms with E-state index < -0.39 is 0 Å². The van der Waals surface area contributed by atoms with Crippen molar-refractivity contribution >= 4 is 27.8 Å². The molecular formula is C144H169N. The molecule has 0 unspecified atom stereocenters. The molecule has 0 N–H and O–H groups in total. The van der Waals surface area contributed by atoms with Crippen molar-refractivity contribution in [2.75, 3.05) is 4.90 Å². The number of hydrogen-bond donors (Lipinski definition) is 0. The Kier molecular flexibility index (Phi) is 30.7. The number of nitrogens with zero attached hydrogens (tertiary/aromatic N) is 1. The summed E-state index contributed by atoms with van der Waals surface area (Å²) in [5.74, 6) is 0.